The van der Waals surface area contributed by atoms with Crippen molar-refractivity contribution in [2.45, 2.75) is 46.1 Å². The number of hydrogen-bond donors (Lipinski definition) is 0. The summed E-state index contributed by atoms with van der Waals surface area (Å²) in [5.74, 6) is 3.07. The van der Waals surface area contributed by atoms with Crippen molar-refractivity contribution in [1.82, 2.24) is 9.55 Å². The lowest BCUT2D eigenvalue weighted by molar-refractivity contribution is 0.0933. The summed E-state index contributed by atoms with van der Waals surface area (Å²) in [6, 6.07) is 21.4. The normalized spacial score (nSPS) is 11.4. The van der Waals surface area contributed by atoms with Gasteiger partial charge in [-0.3, -0.25) is 9.36 Å². The number of nitrogens with zero attached hydrogens (tertiary/aromatic N) is 2. The molecule has 0 fully saturated rings. The Morgan fingerprint density at radius 1 is 0.811 bits per heavy atom. The molecule has 0 atom stereocenters. The van der Waals surface area contributed by atoms with Crippen molar-refractivity contribution in [2.24, 2.45) is 0 Å². The van der Waals surface area contributed by atoms with Gasteiger partial charge in [0.05, 0.1) is 37.8 Å². The molecule has 0 radical (unpaired) electrons. The van der Waals surface area contributed by atoms with E-state index >= 15 is 0 Å². The van der Waals surface area contributed by atoms with E-state index < -0.39 is 0 Å². The minimum absolute atomic E-state index is 0.0799. The van der Waals surface area contributed by atoms with Crippen molar-refractivity contribution in [2.75, 3.05) is 26.9 Å². The zero-order valence-electron chi connectivity index (χ0n) is 22.4. The van der Waals surface area contributed by atoms with Crippen LogP contribution in [0.25, 0.3) is 22.3 Å². The van der Waals surface area contributed by atoms with Crippen LogP contribution in [0.15, 0.2) is 71.5 Å². The van der Waals surface area contributed by atoms with Gasteiger partial charge in [0.2, 0.25) is 0 Å². The van der Waals surface area contributed by atoms with Crippen molar-refractivity contribution >= 4 is 10.9 Å². The highest BCUT2D eigenvalue weighted by Crippen LogP contribution is 2.34. The van der Waals surface area contributed by atoms with Gasteiger partial charge in [0.15, 0.2) is 0 Å². The van der Waals surface area contributed by atoms with Gasteiger partial charge in [-0.25, -0.2) is 4.98 Å². The molecule has 0 amide bonds. The van der Waals surface area contributed by atoms with Crippen molar-refractivity contribution in [3.63, 3.8) is 0 Å². The molecule has 0 N–H and O–H groups in total. The number of methoxy groups -OCH3 is 1. The van der Waals surface area contributed by atoms with Gasteiger partial charge in [0.25, 0.3) is 5.56 Å². The van der Waals surface area contributed by atoms with Gasteiger partial charge in [-0.2, -0.15) is 0 Å². The van der Waals surface area contributed by atoms with Crippen LogP contribution in [0.4, 0.5) is 0 Å². The molecule has 1 aromatic heterocycles. The Labute approximate surface area is 218 Å². The van der Waals surface area contributed by atoms with E-state index in [0.717, 1.165) is 17.1 Å². The highest BCUT2D eigenvalue weighted by Gasteiger charge is 2.16. The molecule has 0 aliphatic carbocycles. The molecule has 0 saturated heterocycles. The Morgan fingerprint density at radius 2 is 1.49 bits per heavy atom. The summed E-state index contributed by atoms with van der Waals surface area (Å²) in [5, 5.41) is 0.592. The predicted molar refractivity (Wildman–Crippen MR) is 149 cm³/mol. The molecule has 194 valence electrons. The Bertz CT molecular complexity index is 1360. The lowest BCUT2D eigenvalue weighted by Gasteiger charge is -2.20. The smallest absolute Gasteiger partial charge is 0.261 e. The molecule has 4 aromatic rings. The molecule has 0 spiro atoms. The largest absolute Gasteiger partial charge is 0.497 e. The third-order valence-electron chi connectivity index (χ3n) is 6.46. The molecular weight excluding hydrogens is 464 g/mol. The summed E-state index contributed by atoms with van der Waals surface area (Å²) in [5.41, 5.74) is 3.86. The molecule has 3 aromatic carbocycles. The maximum Gasteiger partial charge on any atom is 0.261 e. The second-order valence-electron chi connectivity index (χ2n) is 9.67. The summed E-state index contributed by atoms with van der Waals surface area (Å²) in [6.45, 7) is 10.3. The van der Waals surface area contributed by atoms with Gasteiger partial charge in [0, 0.05) is 5.56 Å². The molecule has 0 aliphatic heterocycles. The average Bonchev–Trinajstić information content (AvgIpc) is 2.91. The zero-order chi connectivity index (χ0) is 26.4. The number of hydrogen-bond acceptors (Lipinski definition) is 5. The highest BCUT2D eigenvalue weighted by molar-refractivity contribution is 5.79. The number of para-hydroxylation sites is 2. The lowest BCUT2D eigenvalue weighted by Crippen LogP contribution is -2.26. The second kappa shape index (κ2) is 12.1. The van der Waals surface area contributed by atoms with Crippen molar-refractivity contribution < 1.29 is 14.2 Å². The van der Waals surface area contributed by atoms with E-state index in [9.17, 15) is 4.79 Å². The first-order chi connectivity index (χ1) is 17.9. The fourth-order valence-corrected chi connectivity index (χ4v) is 4.45. The topological polar surface area (TPSA) is 62.6 Å². The standard InChI is InChI=1S/C31H36N2O4/c1-21(2)25-10-8-11-26(22(3)4)29(25)37-20-19-36-18-17-33-30(23-13-15-24(35-5)16-14-23)32-28-12-7-6-9-27(28)31(33)34/h6-16,21-22H,17-20H2,1-5H3. The van der Waals surface area contributed by atoms with Crippen LogP contribution in [-0.4, -0.2) is 36.5 Å². The first-order valence-electron chi connectivity index (χ1n) is 12.9. The minimum Gasteiger partial charge on any atom is -0.497 e. The first kappa shape index (κ1) is 26.4. The zero-order valence-corrected chi connectivity index (χ0v) is 22.4. The highest BCUT2D eigenvalue weighted by atomic mass is 16.5. The fraction of sp³-hybridized carbons (Fsp3) is 0.355. The Hall–Kier alpha value is -3.64. The first-order valence-corrected chi connectivity index (χ1v) is 12.9. The summed E-state index contributed by atoms with van der Waals surface area (Å²) in [6.07, 6.45) is 0. The van der Waals surface area contributed by atoms with Crippen LogP contribution >= 0.6 is 0 Å². The van der Waals surface area contributed by atoms with E-state index in [1.807, 2.05) is 48.5 Å². The van der Waals surface area contributed by atoms with Gasteiger partial charge in [0.1, 0.15) is 23.9 Å². The third-order valence-corrected chi connectivity index (χ3v) is 6.46. The summed E-state index contributed by atoms with van der Waals surface area (Å²) < 4.78 is 19.1. The quantitative estimate of drug-likeness (QED) is 0.223. The van der Waals surface area contributed by atoms with E-state index in [2.05, 4.69) is 45.9 Å². The molecule has 0 bridgehead atoms. The maximum absolute atomic E-state index is 13.4. The van der Waals surface area contributed by atoms with E-state index in [1.54, 1.807) is 11.7 Å². The summed E-state index contributed by atoms with van der Waals surface area (Å²) in [7, 11) is 1.63. The molecule has 6 heteroatoms. The number of ether oxygens (including phenoxy) is 3. The van der Waals surface area contributed by atoms with Gasteiger partial charge in [-0.15, -0.1) is 0 Å². The minimum atomic E-state index is -0.0799. The van der Waals surface area contributed by atoms with Crippen LogP contribution in [0.3, 0.4) is 0 Å². The molecule has 1 heterocycles. The van der Waals surface area contributed by atoms with Crippen molar-refractivity contribution in [1.29, 1.82) is 0 Å². The number of benzene rings is 3. The van der Waals surface area contributed by atoms with Gasteiger partial charge >= 0.3 is 0 Å². The van der Waals surface area contributed by atoms with Crippen LogP contribution < -0.4 is 15.0 Å². The SMILES string of the molecule is COc1ccc(-c2nc3ccccc3c(=O)n2CCOCCOc2c(C(C)C)cccc2C(C)C)cc1. The van der Waals surface area contributed by atoms with E-state index in [-0.39, 0.29) is 5.56 Å². The molecular formula is C31H36N2O4. The molecule has 0 saturated carbocycles. The lowest BCUT2D eigenvalue weighted by atomic mass is 9.94. The van der Waals surface area contributed by atoms with Gasteiger partial charge < -0.3 is 14.2 Å². The molecule has 4 rings (SSSR count). The van der Waals surface area contributed by atoms with Crippen LogP contribution in [0.1, 0.15) is 50.7 Å². The predicted octanol–water partition coefficient (Wildman–Crippen LogP) is 6.41. The van der Waals surface area contributed by atoms with Crippen LogP contribution in [0.2, 0.25) is 0 Å². The van der Waals surface area contributed by atoms with Gasteiger partial charge in [-0.1, -0.05) is 58.0 Å². The van der Waals surface area contributed by atoms with E-state index in [1.165, 1.54) is 11.1 Å². The molecule has 0 unspecified atom stereocenters. The Balaban J connectivity index is 1.47. The summed E-state index contributed by atoms with van der Waals surface area (Å²) >= 11 is 0. The average molecular weight is 501 g/mol. The molecule has 37 heavy (non-hydrogen) atoms. The fourth-order valence-electron chi connectivity index (χ4n) is 4.45. The number of fused-ring (bicyclic) bond motifs is 1. The van der Waals surface area contributed by atoms with Crippen LogP contribution in [0.5, 0.6) is 11.5 Å². The summed E-state index contributed by atoms with van der Waals surface area (Å²) in [4.78, 5) is 18.2. The van der Waals surface area contributed by atoms with Gasteiger partial charge in [-0.05, 0) is 59.4 Å². The Morgan fingerprint density at radius 3 is 2.14 bits per heavy atom. The van der Waals surface area contributed by atoms with Crippen molar-refractivity contribution in [3.8, 4) is 22.9 Å². The van der Waals surface area contributed by atoms with E-state index in [4.69, 9.17) is 19.2 Å². The number of aromatic nitrogens is 2. The van der Waals surface area contributed by atoms with Crippen LogP contribution in [-0.2, 0) is 11.3 Å². The monoisotopic (exact) mass is 500 g/mol. The van der Waals surface area contributed by atoms with Crippen molar-refractivity contribution in [3.05, 3.63) is 88.2 Å². The van der Waals surface area contributed by atoms with Crippen LogP contribution in [0, 0.1) is 0 Å². The third kappa shape index (κ3) is 6.03. The second-order valence-corrected chi connectivity index (χ2v) is 9.67. The number of rotatable bonds is 11. The molecule has 0 aliphatic rings. The maximum atomic E-state index is 13.4. The van der Waals surface area contributed by atoms with E-state index in [0.29, 0.717) is 54.9 Å². The molecule has 6 nitrogen and oxygen atoms in total. The Kier molecular flexibility index (Phi) is 8.62.